The number of hydrogen-bond acceptors (Lipinski definition) is 4. The average Bonchev–Trinajstić information content (AvgIpc) is 2.85. The predicted molar refractivity (Wildman–Crippen MR) is 142 cm³/mol. The van der Waals surface area contributed by atoms with Crippen LogP contribution in [0.2, 0.25) is 5.02 Å². The van der Waals surface area contributed by atoms with Gasteiger partial charge in [-0.3, -0.25) is 0 Å². The normalized spacial score (nSPS) is 14.1. The minimum absolute atomic E-state index is 0.299. The zero-order valence-electron chi connectivity index (χ0n) is 20.3. The van der Waals surface area contributed by atoms with Crippen LogP contribution in [0.3, 0.4) is 0 Å². The zero-order chi connectivity index (χ0) is 25.4. The van der Waals surface area contributed by atoms with E-state index in [2.05, 4.69) is 36.0 Å². The number of aliphatic imine (C=N–C) groups is 1. The highest BCUT2D eigenvalue weighted by atomic mass is 35.5. The molecule has 4 nitrogen and oxygen atoms in total. The molecule has 0 amide bonds. The van der Waals surface area contributed by atoms with E-state index in [0.717, 1.165) is 11.6 Å². The Bertz CT molecular complexity index is 1210. The van der Waals surface area contributed by atoms with Crippen LogP contribution in [0.4, 0.5) is 14.6 Å². The minimum Gasteiger partial charge on any atom is -0.344 e. The molecule has 0 spiro atoms. The Hall–Kier alpha value is -3.25. The lowest BCUT2D eigenvalue weighted by atomic mass is 10.0. The molecule has 3 aromatic rings. The standard InChI is InChI=1S/C22H17ClF2N4.C6H14/c1-12-17(10-14(24)11-19(12)25)13(2)27-22-16-7-5-9-26-20(16)28-21(29-22)15-6-3-4-8-18(15)23;1-3-5-6-4-2/h3-11,21H,2H2,1H3,(H,26,28)(H,27,29);3-6H2,1-2H3. The molecule has 0 aliphatic carbocycles. The highest BCUT2D eigenvalue weighted by molar-refractivity contribution is 6.31. The molecule has 0 saturated carbocycles. The Morgan fingerprint density at radius 2 is 1.80 bits per heavy atom. The highest BCUT2D eigenvalue weighted by Crippen LogP contribution is 2.32. The summed E-state index contributed by atoms with van der Waals surface area (Å²) in [5.74, 6) is -0.212. The lowest BCUT2D eigenvalue weighted by Crippen LogP contribution is -2.30. The second-order valence-electron chi connectivity index (χ2n) is 8.32. The third-order valence-electron chi connectivity index (χ3n) is 5.65. The number of nitrogens with one attached hydrogen (secondary N) is 2. The second-order valence-corrected chi connectivity index (χ2v) is 8.72. The topological polar surface area (TPSA) is 49.3 Å². The van der Waals surface area contributed by atoms with Crippen molar-refractivity contribution in [3.05, 3.63) is 100 Å². The number of benzene rings is 2. The Kier molecular flexibility index (Phi) is 9.38. The number of aromatic nitrogens is 1. The van der Waals surface area contributed by atoms with Crippen LogP contribution in [0.1, 0.15) is 68.0 Å². The van der Waals surface area contributed by atoms with Crippen LogP contribution in [0.5, 0.6) is 0 Å². The van der Waals surface area contributed by atoms with E-state index >= 15 is 0 Å². The molecule has 2 N–H and O–H groups in total. The van der Waals surface area contributed by atoms with E-state index < -0.39 is 17.8 Å². The van der Waals surface area contributed by atoms with Crippen LogP contribution in [0.25, 0.3) is 5.70 Å². The van der Waals surface area contributed by atoms with Crippen molar-refractivity contribution in [2.45, 2.75) is 52.6 Å². The number of anilines is 1. The van der Waals surface area contributed by atoms with Gasteiger partial charge in [-0.1, -0.05) is 75.9 Å². The summed E-state index contributed by atoms with van der Waals surface area (Å²) in [5, 5.41) is 6.92. The molecule has 0 fully saturated rings. The van der Waals surface area contributed by atoms with Crippen LogP contribution < -0.4 is 10.6 Å². The number of halogens is 3. The highest BCUT2D eigenvalue weighted by Gasteiger charge is 2.24. The quantitative estimate of drug-likeness (QED) is 0.339. The number of amidine groups is 1. The first kappa shape index (κ1) is 26.4. The summed E-state index contributed by atoms with van der Waals surface area (Å²) in [7, 11) is 0. The fraction of sp³-hybridized carbons (Fsp3) is 0.286. The number of rotatable bonds is 6. The van der Waals surface area contributed by atoms with Crippen LogP contribution in [-0.2, 0) is 0 Å². The number of fused-ring (bicyclic) bond motifs is 1. The molecule has 1 atom stereocenters. The van der Waals surface area contributed by atoms with Crippen LogP contribution >= 0.6 is 11.6 Å². The number of unbranched alkanes of at least 4 members (excludes halogenated alkanes) is 3. The zero-order valence-corrected chi connectivity index (χ0v) is 21.1. The van der Waals surface area contributed by atoms with Gasteiger partial charge in [0.2, 0.25) is 0 Å². The van der Waals surface area contributed by atoms with Crippen molar-refractivity contribution in [2.24, 2.45) is 4.99 Å². The van der Waals surface area contributed by atoms with E-state index in [-0.39, 0.29) is 0 Å². The van der Waals surface area contributed by atoms with E-state index in [4.69, 9.17) is 16.6 Å². The molecule has 1 aliphatic heterocycles. The molecular formula is C28H31ClF2N4. The van der Waals surface area contributed by atoms with Crippen molar-refractivity contribution in [1.82, 2.24) is 10.3 Å². The van der Waals surface area contributed by atoms with E-state index in [9.17, 15) is 8.78 Å². The maximum absolute atomic E-state index is 14.0. The summed E-state index contributed by atoms with van der Waals surface area (Å²) in [6.45, 7) is 9.99. The molecule has 2 aromatic carbocycles. The van der Waals surface area contributed by atoms with Crippen molar-refractivity contribution in [3.8, 4) is 0 Å². The molecule has 2 heterocycles. The van der Waals surface area contributed by atoms with Gasteiger partial charge in [-0.05, 0) is 36.8 Å². The van der Waals surface area contributed by atoms with Crippen molar-refractivity contribution in [1.29, 1.82) is 0 Å². The number of hydrogen-bond donors (Lipinski definition) is 2. The minimum atomic E-state index is -0.672. The van der Waals surface area contributed by atoms with Crippen LogP contribution in [-0.4, -0.2) is 10.8 Å². The Morgan fingerprint density at radius 1 is 1.09 bits per heavy atom. The first-order chi connectivity index (χ1) is 16.8. The molecule has 1 aliphatic rings. The molecular weight excluding hydrogens is 466 g/mol. The summed E-state index contributed by atoms with van der Waals surface area (Å²) in [6, 6.07) is 13.1. The van der Waals surface area contributed by atoms with Gasteiger partial charge in [0.05, 0.1) is 5.56 Å². The lowest BCUT2D eigenvalue weighted by Gasteiger charge is -2.26. The third kappa shape index (κ3) is 6.67. The van der Waals surface area contributed by atoms with Crippen LogP contribution in [0.15, 0.2) is 66.3 Å². The Labute approximate surface area is 211 Å². The van der Waals surface area contributed by atoms with Gasteiger partial charge in [-0.25, -0.2) is 18.8 Å². The van der Waals surface area contributed by atoms with E-state index in [1.54, 1.807) is 25.3 Å². The summed E-state index contributed by atoms with van der Waals surface area (Å²) < 4.78 is 27.7. The van der Waals surface area contributed by atoms with Gasteiger partial charge in [-0.15, -0.1) is 0 Å². The first-order valence-corrected chi connectivity index (χ1v) is 12.2. The molecule has 0 radical (unpaired) electrons. The monoisotopic (exact) mass is 496 g/mol. The van der Waals surface area contributed by atoms with Gasteiger partial charge in [0.25, 0.3) is 0 Å². The number of nitrogens with zero attached hydrogens (tertiary/aromatic N) is 2. The van der Waals surface area contributed by atoms with Crippen molar-refractivity contribution in [2.75, 3.05) is 5.32 Å². The largest absolute Gasteiger partial charge is 0.344 e. The Balaban J connectivity index is 0.000000509. The fourth-order valence-electron chi connectivity index (χ4n) is 3.69. The van der Waals surface area contributed by atoms with Gasteiger partial charge in [0, 0.05) is 34.1 Å². The van der Waals surface area contributed by atoms with E-state index in [1.807, 2.05) is 24.3 Å². The lowest BCUT2D eigenvalue weighted by molar-refractivity contribution is 0.576. The SMILES string of the molecule is C=C(NC1=NC(c2ccccc2Cl)Nc2ncccc21)c1cc(F)cc(F)c1C.CCCCCC. The summed E-state index contributed by atoms with van der Waals surface area (Å²) in [5.41, 5.74) is 2.46. The van der Waals surface area contributed by atoms with Gasteiger partial charge in [0.1, 0.15) is 29.5 Å². The van der Waals surface area contributed by atoms with Crippen molar-refractivity contribution in [3.63, 3.8) is 0 Å². The van der Waals surface area contributed by atoms with Crippen LogP contribution in [0, 0.1) is 18.6 Å². The summed E-state index contributed by atoms with van der Waals surface area (Å²) in [4.78, 5) is 9.09. The van der Waals surface area contributed by atoms with Gasteiger partial charge in [-0.2, -0.15) is 0 Å². The molecule has 4 rings (SSSR count). The third-order valence-corrected chi connectivity index (χ3v) is 6.00. The maximum Gasteiger partial charge on any atom is 0.149 e. The smallest absolute Gasteiger partial charge is 0.149 e. The summed E-state index contributed by atoms with van der Waals surface area (Å²) in [6.07, 6.45) is 6.72. The molecule has 0 saturated heterocycles. The molecule has 35 heavy (non-hydrogen) atoms. The van der Waals surface area contributed by atoms with Gasteiger partial charge >= 0.3 is 0 Å². The van der Waals surface area contributed by atoms with Crippen molar-refractivity contribution < 1.29 is 8.78 Å². The molecule has 1 aromatic heterocycles. The predicted octanol–water partition coefficient (Wildman–Crippen LogP) is 8.04. The molecule has 7 heteroatoms. The maximum atomic E-state index is 14.0. The summed E-state index contributed by atoms with van der Waals surface area (Å²) >= 11 is 6.34. The molecule has 184 valence electrons. The van der Waals surface area contributed by atoms with E-state index in [1.165, 1.54) is 31.7 Å². The van der Waals surface area contributed by atoms with Crippen molar-refractivity contribution >= 4 is 29.0 Å². The van der Waals surface area contributed by atoms with Gasteiger partial charge < -0.3 is 10.6 Å². The second kappa shape index (κ2) is 12.5. The number of pyridine rings is 1. The first-order valence-electron chi connectivity index (χ1n) is 11.8. The molecule has 1 unspecified atom stereocenters. The fourth-order valence-corrected chi connectivity index (χ4v) is 3.92. The molecule has 0 bridgehead atoms. The van der Waals surface area contributed by atoms with Gasteiger partial charge in [0.15, 0.2) is 0 Å². The Morgan fingerprint density at radius 3 is 2.49 bits per heavy atom. The average molecular weight is 497 g/mol. The van der Waals surface area contributed by atoms with E-state index in [0.29, 0.717) is 39.1 Å².